The number of carbonyl (C=O) groups is 2. The van der Waals surface area contributed by atoms with Gasteiger partial charge in [-0.15, -0.1) is 0 Å². The number of Topliss-reactive ketones (excluding diaryl/α,β-unsaturated/α-hetero) is 1. The van der Waals surface area contributed by atoms with Gasteiger partial charge in [-0.25, -0.2) is 0 Å². The van der Waals surface area contributed by atoms with Gasteiger partial charge < -0.3 is 4.74 Å². The van der Waals surface area contributed by atoms with E-state index in [4.69, 9.17) is 4.74 Å². The summed E-state index contributed by atoms with van der Waals surface area (Å²) in [7, 11) is 0. The molecular weight excluding hydrogens is 180 g/mol. The highest BCUT2D eigenvalue weighted by molar-refractivity contribution is 6.04. The first-order valence-corrected chi connectivity index (χ1v) is 5.24. The Morgan fingerprint density at radius 2 is 2.29 bits per heavy atom. The van der Waals surface area contributed by atoms with Gasteiger partial charge in [-0.2, -0.15) is 0 Å². The van der Waals surface area contributed by atoms with E-state index in [1.165, 1.54) is 0 Å². The van der Waals surface area contributed by atoms with Gasteiger partial charge in [0.1, 0.15) is 11.2 Å². The molecule has 0 aromatic rings. The lowest BCUT2D eigenvalue weighted by molar-refractivity contribution is -0.164. The molecule has 0 aliphatic heterocycles. The Morgan fingerprint density at radius 3 is 2.79 bits per heavy atom. The van der Waals surface area contributed by atoms with Crippen LogP contribution in [0.3, 0.4) is 0 Å². The Hall–Kier alpha value is -0.860. The van der Waals surface area contributed by atoms with Crippen molar-refractivity contribution in [2.45, 2.75) is 40.0 Å². The van der Waals surface area contributed by atoms with Crippen LogP contribution in [0.4, 0.5) is 0 Å². The molecule has 0 aromatic carbocycles. The first-order valence-electron chi connectivity index (χ1n) is 5.24. The van der Waals surface area contributed by atoms with Crippen molar-refractivity contribution < 1.29 is 14.3 Å². The molecule has 2 atom stereocenters. The SMILES string of the molecule is CCOC(=O)C1(C)C(=O)CCCC1C. The zero-order valence-corrected chi connectivity index (χ0v) is 9.13. The van der Waals surface area contributed by atoms with Crippen molar-refractivity contribution in [2.75, 3.05) is 6.61 Å². The molecule has 1 rings (SSSR count). The third kappa shape index (κ3) is 1.68. The fraction of sp³-hybridized carbons (Fsp3) is 0.818. The molecule has 0 aromatic heterocycles. The summed E-state index contributed by atoms with van der Waals surface area (Å²) in [5, 5.41) is 0. The Labute approximate surface area is 84.8 Å². The van der Waals surface area contributed by atoms with Gasteiger partial charge in [0.15, 0.2) is 0 Å². The molecule has 1 aliphatic carbocycles. The second kappa shape index (κ2) is 4.11. The number of hydrogen-bond donors (Lipinski definition) is 0. The maximum atomic E-state index is 11.7. The third-order valence-corrected chi connectivity index (χ3v) is 3.31. The average Bonchev–Trinajstić information content (AvgIpc) is 2.14. The fourth-order valence-corrected chi connectivity index (χ4v) is 1.99. The van der Waals surface area contributed by atoms with E-state index in [9.17, 15) is 9.59 Å². The van der Waals surface area contributed by atoms with Crippen LogP contribution in [0.2, 0.25) is 0 Å². The van der Waals surface area contributed by atoms with E-state index in [1.54, 1.807) is 13.8 Å². The topological polar surface area (TPSA) is 43.4 Å². The molecule has 3 heteroatoms. The van der Waals surface area contributed by atoms with Crippen LogP contribution in [0.1, 0.15) is 40.0 Å². The minimum absolute atomic E-state index is 0.0368. The minimum Gasteiger partial charge on any atom is -0.465 e. The van der Waals surface area contributed by atoms with E-state index in [0.29, 0.717) is 13.0 Å². The second-order valence-electron chi connectivity index (χ2n) is 4.14. The number of hydrogen-bond acceptors (Lipinski definition) is 3. The van der Waals surface area contributed by atoms with E-state index in [2.05, 4.69) is 0 Å². The maximum Gasteiger partial charge on any atom is 0.319 e. The van der Waals surface area contributed by atoms with Crippen LogP contribution in [0, 0.1) is 11.3 Å². The van der Waals surface area contributed by atoms with Crippen molar-refractivity contribution >= 4 is 11.8 Å². The second-order valence-corrected chi connectivity index (χ2v) is 4.14. The number of ether oxygens (including phenoxy) is 1. The summed E-state index contributed by atoms with van der Waals surface area (Å²) in [5.41, 5.74) is -0.895. The maximum absolute atomic E-state index is 11.7. The van der Waals surface area contributed by atoms with Gasteiger partial charge in [0.25, 0.3) is 0 Å². The van der Waals surface area contributed by atoms with Crippen LogP contribution in [0.15, 0.2) is 0 Å². The number of ketones is 1. The molecule has 0 spiro atoms. The lowest BCUT2D eigenvalue weighted by Gasteiger charge is -2.35. The van der Waals surface area contributed by atoms with Gasteiger partial charge in [-0.05, 0) is 32.6 Å². The van der Waals surface area contributed by atoms with Crippen LogP contribution in [-0.4, -0.2) is 18.4 Å². The summed E-state index contributed by atoms with van der Waals surface area (Å²) in [5.74, 6) is -0.213. The molecule has 2 unspecified atom stereocenters. The summed E-state index contributed by atoms with van der Waals surface area (Å²) in [6.07, 6.45) is 2.34. The summed E-state index contributed by atoms with van der Waals surface area (Å²) < 4.78 is 4.97. The standard InChI is InChI=1S/C11H18O3/c1-4-14-10(13)11(3)8(2)6-5-7-9(11)12/h8H,4-7H2,1-3H3. The van der Waals surface area contributed by atoms with Crippen LogP contribution >= 0.6 is 0 Å². The summed E-state index contributed by atoms with van der Waals surface area (Å²) >= 11 is 0. The van der Waals surface area contributed by atoms with Crippen LogP contribution in [-0.2, 0) is 14.3 Å². The molecule has 3 nitrogen and oxygen atoms in total. The van der Waals surface area contributed by atoms with Crippen molar-refractivity contribution in [3.63, 3.8) is 0 Å². The van der Waals surface area contributed by atoms with Crippen LogP contribution < -0.4 is 0 Å². The zero-order chi connectivity index (χ0) is 10.8. The molecule has 80 valence electrons. The molecule has 0 bridgehead atoms. The summed E-state index contributed by atoms with van der Waals surface area (Å²) in [6.45, 7) is 5.78. The normalized spacial score (nSPS) is 32.8. The predicted molar refractivity (Wildman–Crippen MR) is 52.8 cm³/mol. The first kappa shape index (κ1) is 11.2. The Bertz CT molecular complexity index is 247. The predicted octanol–water partition coefficient (Wildman–Crippen LogP) is 1.94. The summed E-state index contributed by atoms with van der Waals surface area (Å²) in [4.78, 5) is 23.4. The van der Waals surface area contributed by atoms with E-state index < -0.39 is 5.41 Å². The molecule has 1 fully saturated rings. The molecule has 0 radical (unpaired) electrons. The van der Waals surface area contributed by atoms with Gasteiger partial charge in [-0.1, -0.05) is 6.92 Å². The molecule has 0 N–H and O–H groups in total. The quantitative estimate of drug-likeness (QED) is 0.503. The van der Waals surface area contributed by atoms with Gasteiger partial charge in [0, 0.05) is 6.42 Å². The third-order valence-electron chi connectivity index (χ3n) is 3.31. The van der Waals surface area contributed by atoms with Gasteiger partial charge in [0.2, 0.25) is 0 Å². The highest BCUT2D eigenvalue weighted by atomic mass is 16.5. The smallest absolute Gasteiger partial charge is 0.319 e. The highest BCUT2D eigenvalue weighted by Crippen LogP contribution is 2.39. The zero-order valence-electron chi connectivity index (χ0n) is 9.13. The minimum atomic E-state index is -0.895. The van der Waals surface area contributed by atoms with E-state index in [-0.39, 0.29) is 17.7 Å². The largest absolute Gasteiger partial charge is 0.465 e. The molecule has 14 heavy (non-hydrogen) atoms. The van der Waals surface area contributed by atoms with Crippen molar-refractivity contribution in [1.82, 2.24) is 0 Å². The molecule has 0 amide bonds. The van der Waals surface area contributed by atoms with Crippen molar-refractivity contribution in [2.24, 2.45) is 11.3 Å². The monoisotopic (exact) mass is 198 g/mol. The van der Waals surface area contributed by atoms with Crippen molar-refractivity contribution in [3.8, 4) is 0 Å². The molecule has 1 saturated carbocycles. The number of carbonyl (C=O) groups excluding carboxylic acids is 2. The fourth-order valence-electron chi connectivity index (χ4n) is 1.99. The van der Waals surface area contributed by atoms with E-state index in [0.717, 1.165) is 12.8 Å². The van der Waals surface area contributed by atoms with E-state index >= 15 is 0 Å². The number of rotatable bonds is 2. The van der Waals surface area contributed by atoms with Crippen LogP contribution in [0.5, 0.6) is 0 Å². The molecule has 1 aliphatic rings. The molecule has 0 saturated heterocycles. The van der Waals surface area contributed by atoms with Crippen molar-refractivity contribution in [3.05, 3.63) is 0 Å². The first-order chi connectivity index (χ1) is 6.53. The molecule has 0 heterocycles. The molecular formula is C11H18O3. The van der Waals surface area contributed by atoms with Gasteiger partial charge >= 0.3 is 5.97 Å². The lowest BCUT2D eigenvalue weighted by atomic mass is 9.67. The lowest BCUT2D eigenvalue weighted by Crippen LogP contribution is -2.45. The highest BCUT2D eigenvalue weighted by Gasteiger charge is 2.48. The number of esters is 1. The van der Waals surface area contributed by atoms with Crippen molar-refractivity contribution in [1.29, 1.82) is 0 Å². The summed E-state index contributed by atoms with van der Waals surface area (Å²) in [6, 6.07) is 0. The Balaban J connectivity index is 2.86. The Morgan fingerprint density at radius 1 is 1.64 bits per heavy atom. The van der Waals surface area contributed by atoms with E-state index in [1.807, 2.05) is 6.92 Å². The van der Waals surface area contributed by atoms with Gasteiger partial charge in [-0.3, -0.25) is 9.59 Å². The Kier molecular flexibility index (Phi) is 3.29. The van der Waals surface area contributed by atoms with Gasteiger partial charge in [0.05, 0.1) is 6.61 Å². The van der Waals surface area contributed by atoms with Crippen LogP contribution in [0.25, 0.3) is 0 Å². The average molecular weight is 198 g/mol.